The number of nitrogens with zero attached hydrogens (tertiary/aromatic N) is 1. The van der Waals surface area contributed by atoms with Gasteiger partial charge in [0, 0.05) is 12.3 Å². The van der Waals surface area contributed by atoms with E-state index in [4.69, 9.17) is 9.47 Å². The molecule has 6 nitrogen and oxygen atoms in total. The molecule has 3 rings (SSSR count). The average Bonchev–Trinajstić information content (AvgIpc) is 2.67. The van der Waals surface area contributed by atoms with Gasteiger partial charge >= 0.3 is 0 Å². The second kappa shape index (κ2) is 8.41. The number of sulfonamides is 1. The van der Waals surface area contributed by atoms with Gasteiger partial charge in [0.1, 0.15) is 18.1 Å². The number of rotatable bonds is 7. The van der Waals surface area contributed by atoms with Crippen LogP contribution in [-0.2, 0) is 16.6 Å². The summed E-state index contributed by atoms with van der Waals surface area (Å²) in [6.07, 6.45) is 1.69. The number of pyridine rings is 1. The maximum Gasteiger partial charge on any atom is 0.261 e. The Balaban J connectivity index is 1.74. The largest absolute Gasteiger partial charge is 0.496 e. The molecule has 0 aliphatic heterocycles. The molecule has 8 heteroatoms. The summed E-state index contributed by atoms with van der Waals surface area (Å²) in [5.74, 6) is 1.09. The fraction of sp³-hybridized carbons (Fsp3) is 0.105. The summed E-state index contributed by atoms with van der Waals surface area (Å²) in [6, 6.07) is 16.9. The molecule has 0 aliphatic carbocycles. The lowest BCUT2D eigenvalue weighted by Crippen LogP contribution is -2.13. The fourth-order valence-electron chi connectivity index (χ4n) is 2.32. The van der Waals surface area contributed by atoms with Crippen molar-refractivity contribution in [2.24, 2.45) is 0 Å². The number of nitrogens with one attached hydrogen (secondary N) is 1. The highest BCUT2D eigenvalue weighted by molar-refractivity contribution is 9.10. The van der Waals surface area contributed by atoms with Gasteiger partial charge in [-0.3, -0.25) is 9.71 Å². The first kappa shape index (κ1) is 19.2. The Bertz CT molecular complexity index is 1030. The van der Waals surface area contributed by atoms with E-state index in [1.807, 2.05) is 18.2 Å². The molecule has 0 saturated heterocycles. The van der Waals surface area contributed by atoms with E-state index < -0.39 is 10.0 Å². The number of hydrogen-bond donors (Lipinski definition) is 1. The number of aromatic nitrogens is 1. The smallest absolute Gasteiger partial charge is 0.261 e. The van der Waals surface area contributed by atoms with E-state index in [2.05, 4.69) is 25.6 Å². The van der Waals surface area contributed by atoms with Gasteiger partial charge in [0.15, 0.2) is 0 Å². The van der Waals surface area contributed by atoms with Crippen LogP contribution < -0.4 is 14.2 Å². The van der Waals surface area contributed by atoms with Gasteiger partial charge in [-0.1, -0.05) is 12.1 Å². The lowest BCUT2D eigenvalue weighted by atomic mass is 10.3. The van der Waals surface area contributed by atoms with Crippen LogP contribution >= 0.6 is 15.9 Å². The Morgan fingerprint density at radius 2 is 1.93 bits per heavy atom. The molecule has 2 aromatic carbocycles. The predicted octanol–water partition coefficient (Wildman–Crippen LogP) is 4.23. The highest BCUT2D eigenvalue weighted by atomic mass is 79.9. The van der Waals surface area contributed by atoms with Gasteiger partial charge in [0.2, 0.25) is 0 Å². The molecule has 0 aliphatic rings. The Morgan fingerprint density at radius 1 is 1.07 bits per heavy atom. The van der Waals surface area contributed by atoms with E-state index in [1.165, 1.54) is 19.2 Å². The van der Waals surface area contributed by atoms with Gasteiger partial charge in [-0.2, -0.15) is 0 Å². The third-order valence-electron chi connectivity index (χ3n) is 3.63. The third-order valence-corrected chi connectivity index (χ3v) is 5.63. The maximum absolute atomic E-state index is 12.6. The Hall–Kier alpha value is -2.58. The van der Waals surface area contributed by atoms with E-state index >= 15 is 0 Å². The van der Waals surface area contributed by atoms with Crippen LogP contribution in [0.2, 0.25) is 0 Å². The van der Waals surface area contributed by atoms with E-state index in [1.54, 1.807) is 36.5 Å². The van der Waals surface area contributed by atoms with Crippen molar-refractivity contribution >= 4 is 31.6 Å². The summed E-state index contributed by atoms with van der Waals surface area (Å²) in [6.45, 7) is 0.294. The molecule has 0 spiro atoms. The monoisotopic (exact) mass is 448 g/mol. The van der Waals surface area contributed by atoms with E-state index in [0.717, 1.165) is 5.69 Å². The van der Waals surface area contributed by atoms with Crippen LogP contribution in [0.4, 0.5) is 5.69 Å². The molecular formula is C19H17BrN2O4S. The van der Waals surface area contributed by atoms with Crippen LogP contribution in [0.15, 0.2) is 76.2 Å². The van der Waals surface area contributed by atoms with Gasteiger partial charge in [-0.25, -0.2) is 8.42 Å². The van der Waals surface area contributed by atoms with Crippen molar-refractivity contribution in [3.8, 4) is 11.5 Å². The lowest BCUT2D eigenvalue weighted by Gasteiger charge is -2.11. The molecule has 1 heterocycles. The number of ether oxygens (including phenoxy) is 2. The SMILES string of the molecule is COc1ccc(S(=O)(=O)Nc2cccc(OCc3ccccn3)c2)cc1Br. The molecule has 0 atom stereocenters. The van der Waals surface area contributed by atoms with Crippen LogP contribution in [0.1, 0.15) is 5.69 Å². The summed E-state index contributed by atoms with van der Waals surface area (Å²) in [7, 11) is -2.23. The first-order valence-electron chi connectivity index (χ1n) is 7.97. The van der Waals surface area contributed by atoms with Gasteiger partial charge < -0.3 is 9.47 Å². The van der Waals surface area contributed by atoms with Gasteiger partial charge in [0.05, 0.1) is 27.9 Å². The predicted molar refractivity (Wildman–Crippen MR) is 107 cm³/mol. The molecule has 1 N–H and O–H groups in total. The minimum Gasteiger partial charge on any atom is -0.496 e. The highest BCUT2D eigenvalue weighted by Gasteiger charge is 2.16. The Kier molecular flexibility index (Phi) is 5.98. The lowest BCUT2D eigenvalue weighted by molar-refractivity contribution is 0.301. The maximum atomic E-state index is 12.6. The number of methoxy groups -OCH3 is 1. The first-order chi connectivity index (χ1) is 13.0. The van der Waals surface area contributed by atoms with Gasteiger partial charge in [0.25, 0.3) is 10.0 Å². The van der Waals surface area contributed by atoms with Crippen molar-refractivity contribution in [3.63, 3.8) is 0 Å². The molecule has 0 amide bonds. The quantitative estimate of drug-likeness (QED) is 0.584. The highest BCUT2D eigenvalue weighted by Crippen LogP contribution is 2.28. The molecule has 0 radical (unpaired) electrons. The Morgan fingerprint density at radius 3 is 2.63 bits per heavy atom. The van der Waals surface area contributed by atoms with E-state index in [9.17, 15) is 8.42 Å². The van der Waals surface area contributed by atoms with Crippen LogP contribution in [0.5, 0.6) is 11.5 Å². The molecule has 0 bridgehead atoms. The topological polar surface area (TPSA) is 77.5 Å². The number of benzene rings is 2. The minimum atomic E-state index is -3.75. The van der Waals surface area contributed by atoms with Crippen LogP contribution in [0.3, 0.4) is 0 Å². The molecule has 3 aromatic rings. The van der Waals surface area contributed by atoms with Crippen molar-refractivity contribution in [1.82, 2.24) is 4.98 Å². The second-order valence-electron chi connectivity index (χ2n) is 5.54. The average molecular weight is 449 g/mol. The van der Waals surface area contributed by atoms with Gasteiger partial charge in [-0.15, -0.1) is 0 Å². The molecule has 27 heavy (non-hydrogen) atoms. The van der Waals surface area contributed by atoms with Crippen molar-refractivity contribution in [3.05, 3.63) is 77.0 Å². The zero-order chi connectivity index (χ0) is 19.3. The zero-order valence-corrected chi connectivity index (χ0v) is 16.8. The molecule has 140 valence electrons. The third kappa shape index (κ3) is 4.99. The van der Waals surface area contributed by atoms with Crippen LogP contribution in [-0.4, -0.2) is 20.5 Å². The standard InChI is InChI=1S/C19H17BrN2O4S/c1-25-19-9-8-17(12-18(19)20)27(23,24)22-14-6-4-7-16(11-14)26-13-15-5-2-3-10-21-15/h2-12,22H,13H2,1H3. The minimum absolute atomic E-state index is 0.120. The summed E-state index contributed by atoms with van der Waals surface area (Å²) in [5, 5.41) is 0. The van der Waals surface area contributed by atoms with Crippen molar-refractivity contribution in [2.45, 2.75) is 11.5 Å². The van der Waals surface area contributed by atoms with Gasteiger partial charge in [-0.05, 0) is 58.4 Å². The summed E-state index contributed by atoms with van der Waals surface area (Å²) < 4.78 is 39.2. The number of halogens is 1. The number of hydrogen-bond acceptors (Lipinski definition) is 5. The zero-order valence-electron chi connectivity index (χ0n) is 14.4. The van der Waals surface area contributed by atoms with Crippen molar-refractivity contribution in [1.29, 1.82) is 0 Å². The molecule has 0 fully saturated rings. The molecular weight excluding hydrogens is 432 g/mol. The van der Waals surface area contributed by atoms with Crippen molar-refractivity contribution < 1.29 is 17.9 Å². The summed E-state index contributed by atoms with van der Waals surface area (Å²) >= 11 is 3.30. The summed E-state index contributed by atoms with van der Waals surface area (Å²) in [5.41, 5.74) is 1.19. The second-order valence-corrected chi connectivity index (χ2v) is 8.08. The Labute approximate surface area is 166 Å². The molecule has 1 aromatic heterocycles. The summed E-state index contributed by atoms with van der Waals surface area (Å²) in [4.78, 5) is 4.31. The molecule has 0 unspecified atom stereocenters. The van der Waals surface area contributed by atoms with Crippen LogP contribution in [0.25, 0.3) is 0 Å². The fourth-order valence-corrected chi connectivity index (χ4v) is 4.09. The van der Waals surface area contributed by atoms with Crippen LogP contribution in [0, 0.1) is 0 Å². The first-order valence-corrected chi connectivity index (χ1v) is 10.2. The van der Waals surface area contributed by atoms with Crippen molar-refractivity contribution in [2.75, 3.05) is 11.8 Å². The van der Waals surface area contributed by atoms with E-state index in [-0.39, 0.29) is 4.90 Å². The van der Waals surface area contributed by atoms with E-state index in [0.29, 0.717) is 28.3 Å². The molecule has 0 saturated carbocycles. The number of anilines is 1. The normalized spacial score (nSPS) is 11.0.